The number of aliphatic carboxylic acids is 1. The fourth-order valence-corrected chi connectivity index (χ4v) is 2.17. The van der Waals surface area contributed by atoms with Gasteiger partial charge in [0.05, 0.1) is 5.92 Å². The molecule has 1 atom stereocenters. The molecule has 0 aromatic heterocycles. The van der Waals surface area contributed by atoms with Gasteiger partial charge in [0.1, 0.15) is 0 Å². The number of anilines is 1. The highest BCUT2D eigenvalue weighted by Crippen LogP contribution is 2.26. The molecule has 0 bridgehead atoms. The summed E-state index contributed by atoms with van der Waals surface area (Å²) in [6.45, 7) is 0. The van der Waals surface area contributed by atoms with Crippen LogP contribution in [0.4, 0.5) is 5.69 Å². The summed E-state index contributed by atoms with van der Waals surface area (Å²) in [5.41, 5.74) is 7.78. The van der Waals surface area contributed by atoms with Gasteiger partial charge in [-0.3, -0.25) is 4.79 Å². The first kappa shape index (κ1) is 13.4. The summed E-state index contributed by atoms with van der Waals surface area (Å²) in [6, 6.07) is 14.2. The lowest BCUT2D eigenvalue weighted by Crippen LogP contribution is -2.14. The largest absolute Gasteiger partial charge is 0.481 e. The van der Waals surface area contributed by atoms with Crippen molar-refractivity contribution in [2.24, 2.45) is 0 Å². The Bertz CT molecular complexity index is 581. The SMILES string of the molecule is Nc1ccc(C(Cc2ccccc2Cl)C(=O)O)cc1. The third-order valence-electron chi connectivity index (χ3n) is 3.02. The molecule has 2 rings (SSSR count). The van der Waals surface area contributed by atoms with Crippen LogP contribution < -0.4 is 5.73 Å². The smallest absolute Gasteiger partial charge is 0.311 e. The highest BCUT2D eigenvalue weighted by Gasteiger charge is 2.21. The molecule has 0 heterocycles. The van der Waals surface area contributed by atoms with Gasteiger partial charge in [-0.15, -0.1) is 0 Å². The monoisotopic (exact) mass is 275 g/mol. The molecule has 0 radical (unpaired) electrons. The first-order valence-electron chi connectivity index (χ1n) is 5.89. The number of halogens is 1. The molecule has 0 fully saturated rings. The topological polar surface area (TPSA) is 63.3 Å². The quantitative estimate of drug-likeness (QED) is 0.841. The van der Waals surface area contributed by atoms with Gasteiger partial charge in [-0.1, -0.05) is 41.9 Å². The van der Waals surface area contributed by atoms with Crippen molar-refractivity contribution in [2.75, 3.05) is 5.73 Å². The first-order valence-corrected chi connectivity index (χ1v) is 6.27. The summed E-state index contributed by atoms with van der Waals surface area (Å²) in [5.74, 6) is -1.50. The van der Waals surface area contributed by atoms with Crippen molar-refractivity contribution in [3.63, 3.8) is 0 Å². The van der Waals surface area contributed by atoms with Crippen LogP contribution in [0.3, 0.4) is 0 Å². The fourth-order valence-electron chi connectivity index (χ4n) is 1.96. The minimum absolute atomic E-state index is 0.360. The van der Waals surface area contributed by atoms with Crippen LogP contribution in [0.5, 0.6) is 0 Å². The van der Waals surface area contributed by atoms with Crippen LogP contribution in [0.2, 0.25) is 5.02 Å². The third-order valence-corrected chi connectivity index (χ3v) is 3.39. The fraction of sp³-hybridized carbons (Fsp3) is 0.133. The Hall–Kier alpha value is -2.00. The zero-order valence-corrected chi connectivity index (χ0v) is 11.0. The van der Waals surface area contributed by atoms with Crippen molar-refractivity contribution in [1.29, 1.82) is 0 Å². The van der Waals surface area contributed by atoms with Crippen molar-refractivity contribution < 1.29 is 9.90 Å². The summed E-state index contributed by atoms with van der Waals surface area (Å²) < 4.78 is 0. The van der Waals surface area contributed by atoms with Crippen LogP contribution >= 0.6 is 11.6 Å². The molecular weight excluding hydrogens is 262 g/mol. The van der Waals surface area contributed by atoms with Crippen molar-refractivity contribution in [1.82, 2.24) is 0 Å². The standard InChI is InChI=1S/C15H14ClNO2/c16-14-4-2-1-3-11(14)9-13(15(18)19)10-5-7-12(17)8-6-10/h1-8,13H,9,17H2,(H,18,19). The Balaban J connectivity index is 2.29. The molecule has 2 aromatic carbocycles. The average molecular weight is 276 g/mol. The van der Waals surface area contributed by atoms with E-state index in [4.69, 9.17) is 17.3 Å². The molecule has 4 heteroatoms. The lowest BCUT2D eigenvalue weighted by Gasteiger charge is -2.14. The zero-order chi connectivity index (χ0) is 13.8. The Morgan fingerprint density at radius 3 is 2.37 bits per heavy atom. The van der Waals surface area contributed by atoms with Crippen LogP contribution in [-0.4, -0.2) is 11.1 Å². The van der Waals surface area contributed by atoms with Gasteiger partial charge in [-0.25, -0.2) is 0 Å². The molecule has 98 valence electrons. The van der Waals surface area contributed by atoms with E-state index in [0.717, 1.165) is 11.1 Å². The maximum absolute atomic E-state index is 11.4. The van der Waals surface area contributed by atoms with E-state index in [0.29, 0.717) is 17.1 Å². The van der Waals surface area contributed by atoms with Gasteiger partial charge in [0.15, 0.2) is 0 Å². The Kier molecular flexibility index (Phi) is 4.07. The van der Waals surface area contributed by atoms with E-state index in [9.17, 15) is 9.90 Å². The normalized spacial score (nSPS) is 12.1. The molecular formula is C15H14ClNO2. The zero-order valence-electron chi connectivity index (χ0n) is 10.2. The number of nitrogens with two attached hydrogens (primary N) is 1. The van der Waals surface area contributed by atoms with E-state index in [-0.39, 0.29) is 0 Å². The van der Waals surface area contributed by atoms with Gasteiger partial charge in [-0.05, 0) is 35.7 Å². The van der Waals surface area contributed by atoms with Crippen molar-refractivity contribution in [3.05, 3.63) is 64.7 Å². The molecule has 0 saturated carbocycles. The number of hydrogen-bond donors (Lipinski definition) is 2. The van der Waals surface area contributed by atoms with Crippen LogP contribution in [0, 0.1) is 0 Å². The summed E-state index contributed by atoms with van der Waals surface area (Å²) in [7, 11) is 0. The van der Waals surface area contributed by atoms with Crippen molar-refractivity contribution in [3.8, 4) is 0 Å². The minimum Gasteiger partial charge on any atom is -0.481 e. The van der Waals surface area contributed by atoms with Gasteiger partial charge in [0, 0.05) is 10.7 Å². The van der Waals surface area contributed by atoms with Gasteiger partial charge in [0.25, 0.3) is 0 Å². The van der Waals surface area contributed by atoms with Crippen LogP contribution in [0.1, 0.15) is 17.0 Å². The number of carboxylic acid groups (broad SMARTS) is 1. The van der Waals surface area contributed by atoms with Crippen molar-refractivity contribution >= 4 is 23.3 Å². The van der Waals surface area contributed by atoms with Crippen molar-refractivity contribution in [2.45, 2.75) is 12.3 Å². The number of hydrogen-bond acceptors (Lipinski definition) is 2. The Morgan fingerprint density at radius 1 is 1.16 bits per heavy atom. The summed E-state index contributed by atoms with van der Waals surface area (Å²) in [4.78, 5) is 11.4. The predicted octanol–water partition coefficient (Wildman–Crippen LogP) is 3.33. The van der Waals surface area contributed by atoms with E-state index >= 15 is 0 Å². The molecule has 3 nitrogen and oxygen atoms in total. The lowest BCUT2D eigenvalue weighted by atomic mass is 9.92. The molecule has 0 aliphatic heterocycles. The molecule has 0 aliphatic carbocycles. The maximum atomic E-state index is 11.4. The third kappa shape index (κ3) is 3.26. The predicted molar refractivity (Wildman–Crippen MR) is 76.4 cm³/mol. The number of benzene rings is 2. The number of rotatable bonds is 4. The minimum atomic E-state index is -0.871. The molecule has 0 spiro atoms. The van der Waals surface area contributed by atoms with E-state index in [1.165, 1.54) is 0 Å². The molecule has 2 aromatic rings. The number of carboxylic acids is 1. The van der Waals surface area contributed by atoms with E-state index in [1.54, 1.807) is 30.3 Å². The Labute approximate surface area is 116 Å². The highest BCUT2D eigenvalue weighted by atomic mass is 35.5. The van der Waals surface area contributed by atoms with Gasteiger partial charge >= 0.3 is 5.97 Å². The van der Waals surface area contributed by atoms with Gasteiger partial charge < -0.3 is 10.8 Å². The molecule has 1 unspecified atom stereocenters. The molecule has 0 saturated heterocycles. The van der Waals surface area contributed by atoms with Gasteiger partial charge in [0.2, 0.25) is 0 Å². The average Bonchev–Trinajstić information content (AvgIpc) is 2.39. The maximum Gasteiger partial charge on any atom is 0.311 e. The van der Waals surface area contributed by atoms with E-state index in [1.807, 2.05) is 18.2 Å². The van der Waals surface area contributed by atoms with Gasteiger partial charge in [-0.2, -0.15) is 0 Å². The van der Waals surface area contributed by atoms with Crippen LogP contribution in [0.15, 0.2) is 48.5 Å². The molecule has 19 heavy (non-hydrogen) atoms. The second kappa shape index (κ2) is 5.76. The number of nitrogen functional groups attached to an aromatic ring is 1. The highest BCUT2D eigenvalue weighted by molar-refractivity contribution is 6.31. The van der Waals surface area contributed by atoms with Crippen LogP contribution in [-0.2, 0) is 11.2 Å². The molecule has 3 N–H and O–H groups in total. The first-order chi connectivity index (χ1) is 9.08. The second-order valence-electron chi connectivity index (χ2n) is 4.35. The second-order valence-corrected chi connectivity index (χ2v) is 4.76. The molecule has 0 aliphatic rings. The van der Waals surface area contributed by atoms with E-state index < -0.39 is 11.9 Å². The summed E-state index contributed by atoms with van der Waals surface area (Å²) >= 11 is 6.07. The molecule has 0 amide bonds. The van der Waals surface area contributed by atoms with Crippen LogP contribution in [0.25, 0.3) is 0 Å². The summed E-state index contributed by atoms with van der Waals surface area (Å²) in [6.07, 6.45) is 0.360. The lowest BCUT2D eigenvalue weighted by molar-refractivity contribution is -0.138. The Morgan fingerprint density at radius 2 is 1.79 bits per heavy atom. The number of carbonyl (C=O) groups is 1. The summed E-state index contributed by atoms with van der Waals surface area (Å²) in [5, 5.41) is 9.96. The van der Waals surface area contributed by atoms with E-state index in [2.05, 4.69) is 0 Å².